The van der Waals surface area contributed by atoms with E-state index in [0.717, 1.165) is 32.1 Å². The molecule has 4 heteroatoms. The number of hydrogen-bond acceptors (Lipinski definition) is 2. The zero-order valence-electron chi connectivity index (χ0n) is 13.4. The molecule has 1 aromatic carbocycles. The van der Waals surface area contributed by atoms with Crippen molar-refractivity contribution in [3.05, 3.63) is 35.9 Å². The van der Waals surface area contributed by atoms with Gasteiger partial charge in [-0.1, -0.05) is 36.8 Å². The lowest BCUT2D eigenvalue weighted by Gasteiger charge is -2.43. The monoisotopic (exact) mass is 302 g/mol. The molecule has 2 N–H and O–H groups in total. The van der Waals surface area contributed by atoms with E-state index in [2.05, 4.69) is 22.8 Å². The van der Waals surface area contributed by atoms with Gasteiger partial charge < -0.3 is 10.6 Å². The number of unbranched alkanes of at least 4 members (excludes halogenated alkanes) is 2. The first kappa shape index (κ1) is 16.5. The number of carbonyl (C=O) groups excluding carboxylic acids is 2. The minimum absolute atomic E-state index is 0.00697. The Labute approximate surface area is 132 Å². The largest absolute Gasteiger partial charge is 0.356 e. The van der Waals surface area contributed by atoms with E-state index in [1.807, 2.05) is 18.2 Å². The van der Waals surface area contributed by atoms with Crippen LogP contribution in [0.3, 0.4) is 0 Å². The lowest BCUT2D eigenvalue weighted by molar-refractivity contribution is -0.124. The van der Waals surface area contributed by atoms with E-state index < -0.39 is 0 Å². The molecule has 0 aliphatic heterocycles. The van der Waals surface area contributed by atoms with Gasteiger partial charge in [-0.2, -0.15) is 0 Å². The Morgan fingerprint density at radius 2 is 1.82 bits per heavy atom. The second-order valence-corrected chi connectivity index (χ2v) is 6.14. The van der Waals surface area contributed by atoms with Crippen molar-refractivity contribution in [1.29, 1.82) is 0 Å². The summed E-state index contributed by atoms with van der Waals surface area (Å²) in [5.74, 6) is 0.149. The first-order valence-electron chi connectivity index (χ1n) is 8.23. The summed E-state index contributed by atoms with van der Waals surface area (Å²) in [6.45, 7) is 2.22. The third-order valence-electron chi connectivity index (χ3n) is 4.37. The molecule has 4 nitrogen and oxygen atoms in total. The maximum Gasteiger partial charge on any atom is 0.220 e. The first-order chi connectivity index (χ1) is 10.6. The van der Waals surface area contributed by atoms with E-state index in [1.165, 1.54) is 18.9 Å². The van der Waals surface area contributed by atoms with Gasteiger partial charge in [-0.05, 0) is 37.7 Å². The number of nitrogens with one attached hydrogen (secondary N) is 2. The van der Waals surface area contributed by atoms with E-state index in [0.29, 0.717) is 13.0 Å². The minimum atomic E-state index is -0.130. The lowest BCUT2D eigenvalue weighted by atomic mass is 9.71. The standard InChI is InChI=1S/C18H26N2O2/c1-15(21)19-14-7-3-6-11-17(22)20-18(12-8-13-18)16-9-4-2-5-10-16/h2,4-5,9-10H,3,6-8,11-14H2,1H3,(H,19,21)(H,20,22). The molecule has 2 amide bonds. The van der Waals surface area contributed by atoms with Crippen LogP contribution in [0, 0.1) is 0 Å². The summed E-state index contributed by atoms with van der Waals surface area (Å²) in [5, 5.41) is 6.02. The minimum Gasteiger partial charge on any atom is -0.356 e. The van der Waals surface area contributed by atoms with Crippen LogP contribution < -0.4 is 10.6 Å². The molecule has 0 heterocycles. The summed E-state index contributed by atoms with van der Waals surface area (Å²) in [6.07, 6.45) is 6.57. The van der Waals surface area contributed by atoms with Crippen molar-refractivity contribution in [2.24, 2.45) is 0 Å². The highest BCUT2D eigenvalue weighted by atomic mass is 16.2. The van der Waals surface area contributed by atoms with Crippen molar-refractivity contribution in [1.82, 2.24) is 10.6 Å². The van der Waals surface area contributed by atoms with E-state index >= 15 is 0 Å². The molecular weight excluding hydrogens is 276 g/mol. The third-order valence-corrected chi connectivity index (χ3v) is 4.37. The summed E-state index contributed by atoms with van der Waals surface area (Å²) in [7, 11) is 0. The molecule has 1 aliphatic carbocycles. The van der Waals surface area contributed by atoms with Crippen molar-refractivity contribution >= 4 is 11.8 Å². The molecule has 120 valence electrons. The van der Waals surface area contributed by atoms with E-state index in [1.54, 1.807) is 0 Å². The number of hydrogen-bond donors (Lipinski definition) is 2. The van der Waals surface area contributed by atoms with Gasteiger partial charge >= 0.3 is 0 Å². The van der Waals surface area contributed by atoms with Crippen LogP contribution in [0.25, 0.3) is 0 Å². The number of amides is 2. The highest BCUT2D eigenvalue weighted by molar-refractivity contribution is 5.77. The van der Waals surface area contributed by atoms with Crippen molar-refractivity contribution in [2.45, 2.75) is 57.4 Å². The van der Waals surface area contributed by atoms with Crippen LogP contribution in [0.5, 0.6) is 0 Å². The molecular formula is C18H26N2O2. The Balaban J connectivity index is 1.71. The summed E-state index contributed by atoms with van der Waals surface area (Å²) in [5.41, 5.74) is 1.09. The SMILES string of the molecule is CC(=O)NCCCCCC(=O)NC1(c2ccccc2)CCC1. The van der Waals surface area contributed by atoms with Crippen LogP contribution in [0.2, 0.25) is 0 Å². The molecule has 22 heavy (non-hydrogen) atoms. The van der Waals surface area contributed by atoms with Gasteiger partial charge in [0.15, 0.2) is 0 Å². The second kappa shape index (κ2) is 7.97. The molecule has 1 saturated carbocycles. The Morgan fingerprint density at radius 1 is 1.09 bits per heavy atom. The van der Waals surface area contributed by atoms with Crippen LogP contribution in [-0.4, -0.2) is 18.4 Å². The van der Waals surface area contributed by atoms with Crippen LogP contribution >= 0.6 is 0 Å². The second-order valence-electron chi connectivity index (χ2n) is 6.14. The maximum atomic E-state index is 12.2. The number of rotatable bonds is 8. The first-order valence-corrected chi connectivity index (χ1v) is 8.23. The molecule has 1 fully saturated rings. The molecule has 0 spiro atoms. The number of carbonyl (C=O) groups is 2. The summed E-state index contributed by atoms with van der Waals surface area (Å²) >= 11 is 0. The van der Waals surface area contributed by atoms with E-state index in [-0.39, 0.29) is 17.4 Å². The highest BCUT2D eigenvalue weighted by Crippen LogP contribution is 2.41. The van der Waals surface area contributed by atoms with Gasteiger partial charge in [-0.3, -0.25) is 9.59 Å². The predicted molar refractivity (Wildman–Crippen MR) is 87.3 cm³/mol. The Hall–Kier alpha value is -1.84. The molecule has 0 unspecified atom stereocenters. The van der Waals surface area contributed by atoms with E-state index in [4.69, 9.17) is 0 Å². The molecule has 2 rings (SSSR count). The van der Waals surface area contributed by atoms with Gasteiger partial charge in [-0.15, -0.1) is 0 Å². The van der Waals surface area contributed by atoms with Crippen LogP contribution in [-0.2, 0) is 15.1 Å². The molecule has 0 atom stereocenters. The smallest absolute Gasteiger partial charge is 0.220 e. The normalized spacial score (nSPS) is 15.7. The summed E-state index contributed by atoms with van der Waals surface area (Å²) < 4.78 is 0. The van der Waals surface area contributed by atoms with Crippen molar-refractivity contribution in [3.63, 3.8) is 0 Å². The molecule has 0 saturated heterocycles. The third kappa shape index (κ3) is 4.58. The zero-order valence-corrected chi connectivity index (χ0v) is 13.4. The van der Waals surface area contributed by atoms with Gasteiger partial charge in [0.1, 0.15) is 0 Å². The topological polar surface area (TPSA) is 58.2 Å². The van der Waals surface area contributed by atoms with Crippen LogP contribution in [0.15, 0.2) is 30.3 Å². The molecule has 0 radical (unpaired) electrons. The average molecular weight is 302 g/mol. The van der Waals surface area contributed by atoms with Crippen LogP contribution in [0.1, 0.15) is 57.4 Å². The fraction of sp³-hybridized carbons (Fsp3) is 0.556. The van der Waals surface area contributed by atoms with Gasteiger partial charge in [-0.25, -0.2) is 0 Å². The quantitative estimate of drug-likeness (QED) is 0.725. The summed E-state index contributed by atoms with van der Waals surface area (Å²) in [4.78, 5) is 22.9. The zero-order chi connectivity index (χ0) is 15.8. The molecule has 1 aliphatic rings. The fourth-order valence-electron chi connectivity index (χ4n) is 2.95. The van der Waals surface area contributed by atoms with Gasteiger partial charge in [0.2, 0.25) is 11.8 Å². The van der Waals surface area contributed by atoms with Crippen molar-refractivity contribution in [3.8, 4) is 0 Å². The van der Waals surface area contributed by atoms with Gasteiger partial charge in [0, 0.05) is 19.9 Å². The van der Waals surface area contributed by atoms with Crippen LogP contribution in [0.4, 0.5) is 0 Å². The predicted octanol–water partition coefficient (Wildman–Crippen LogP) is 2.88. The molecule has 1 aromatic rings. The van der Waals surface area contributed by atoms with Crippen molar-refractivity contribution in [2.75, 3.05) is 6.54 Å². The highest BCUT2D eigenvalue weighted by Gasteiger charge is 2.39. The Morgan fingerprint density at radius 3 is 2.41 bits per heavy atom. The van der Waals surface area contributed by atoms with Gasteiger partial charge in [0.05, 0.1) is 5.54 Å². The van der Waals surface area contributed by atoms with E-state index in [9.17, 15) is 9.59 Å². The fourth-order valence-corrected chi connectivity index (χ4v) is 2.95. The van der Waals surface area contributed by atoms with Crippen molar-refractivity contribution < 1.29 is 9.59 Å². The lowest BCUT2D eigenvalue weighted by Crippen LogP contribution is -2.50. The molecule has 0 bridgehead atoms. The maximum absolute atomic E-state index is 12.2. The Bertz CT molecular complexity index is 495. The van der Waals surface area contributed by atoms with Gasteiger partial charge in [0.25, 0.3) is 0 Å². The molecule has 0 aromatic heterocycles. The average Bonchev–Trinajstić information content (AvgIpc) is 2.47. The summed E-state index contributed by atoms with van der Waals surface area (Å²) in [6, 6.07) is 10.3. The number of benzene rings is 1. The Kier molecular flexibility index (Phi) is 5.99.